The lowest BCUT2D eigenvalue weighted by Crippen LogP contribution is -2.35. The summed E-state index contributed by atoms with van der Waals surface area (Å²) >= 11 is 1.69. The number of benzene rings is 1. The van der Waals surface area contributed by atoms with E-state index in [0.29, 0.717) is 11.9 Å². The summed E-state index contributed by atoms with van der Waals surface area (Å²) in [7, 11) is 1.74. The summed E-state index contributed by atoms with van der Waals surface area (Å²) in [5.41, 5.74) is 1.06. The Morgan fingerprint density at radius 1 is 1.44 bits per heavy atom. The number of anilines is 1. The molecule has 0 saturated heterocycles. The van der Waals surface area contributed by atoms with Crippen LogP contribution in [0.2, 0.25) is 5.82 Å². The fraction of sp³-hybridized carbons (Fsp3) is 0.333. The molecule has 0 unspecified atom stereocenters. The fourth-order valence-corrected chi connectivity index (χ4v) is 3.09. The van der Waals surface area contributed by atoms with E-state index < -0.39 is 0 Å². The Hall–Kier alpha value is -1.56. The molecule has 1 saturated carbocycles. The minimum atomic E-state index is 0.457. The van der Waals surface area contributed by atoms with Gasteiger partial charge in [-0.05, 0) is 30.8 Å². The van der Waals surface area contributed by atoms with Crippen molar-refractivity contribution in [2.45, 2.75) is 24.7 Å². The molecule has 1 aromatic carbocycles. The molecule has 0 atom stereocenters. The molecule has 0 amide bonds. The van der Waals surface area contributed by atoms with Gasteiger partial charge in [0.15, 0.2) is 5.13 Å². The Balaban J connectivity index is 1.56. The number of aromatic nitrogens is 1. The lowest BCUT2D eigenvalue weighted by atomic mass is 9.63. The van der Waals surface area contributed by atoms with Crippen molar-refractivity contribution < 1.29 is 4.65 Å². The van der Waals surface area contributed by atoms with E-state index in [1.807, 2.05) is 18.2 Å². The molecule has 0 spiro atoms. The first kappa shape index (κ1) is 11.5. The standard InChI is InChI=1S/C12H13BN3OS/c14-7-17-13-8-5-9(6-8)15-12-16-10-3-1-2-4-11(10)18-12/h1-4,7-9,14H,5-6H2,(H,15,16). The third kappa shape index (κ3) is 2.33. The third-order valence-corrected chi connectivity index (χ3v) is 4.10. The SMILES string of the molecule is N=CO[B]C1CC(Nc2nc3ccccc3s2)C1. The third-order valence-electron chi connectivity index (χ3n) is 3.14. The summed E-state index contributed by atoms with van der Waals surface area (Å²) in [6, 6.07) is 8.64. The molecule has 2 N–H and O–H groups in total. The van der Waals surface area contributed by atoms with Gasteiger partial charge in [-0.1, -0.05) is 23.5 Å². The molecule has 1 heterocycles. The first-order valence-corrected chi connectivity index (χ1v) is 6.76. The van der Waals surface area contributed by atoms with Gasteiger partial charge in [0.25, 0.3) is 0 Å². The molecule has 1 aliphatic rings. The Kier molecular flexibility index (Phi) is 3.19. The highest BCUT2D eigenvalue weighted by atomic mass is 32.1. The summed E-state index contributed by atoms with van der Waals surface area (Å²) in [5, 5.41) is 11.2. The molecule has 0 aliphatic heterocycles. The van der Waals surface area contributed by atoms with Gasteiger partial charge in [-0.15, -0.1) is 0 Å². The fourth-order valence-electron chi connectivity index (χ4n) is 2.15. The van der Waals surface area contributed by atoms with Crippen LogP contribution in [-0.4, -0.2) is 24.9 Å². The van der Waals surface area contributed by atoms with Crippen molar-refractivity contribution in [1.82, 2.24) is 4.98 Å². The van der Waals surface area contributed by atoms with Gasteiger partial charge in [-0.2, -0.15) is 0 Å². The van der Waals surface area contributed by atoms with Gasteiger partial charge in [-0.3, -0.25) is 5.41 Å². The number of fused-ring (bicyclic) bond motifs is 1. The van der Waals surface area contributed by atoms with Crippen molar-refractivity contribution in [1.29, 1.82) is 5.41 Å². The second-order valence-electron chi connectivity index (χ2n) is 4.45. The Labute approximate surface area is 110 Å². The largest absolute Gasteiger partial charge is 0.555 e. The summed E-state index contributed by atoms with van der Waals surface area (Å²) < 4.78 is 6.08. The number of hydrogen-bond donors (Lipinski definition) is 2. The first-order chi connectivity index (χ1) is 8.85. The zero-order valence-corrected chi connectivity index (χ0v) is 10.6. The van der Waals surface area contributed by atoms with Crippen molar-refractivity contribution >= 4 is 40.6 Å². The molecule has 6 heteroatoms. The highest BCUT2D eigenvalue weighted by Gasteiger charge is 2.31. The minimum absolute atomic E-state index is 0.457. The highest BCUT2D eigenvalue weighted by Crippen LogP contribution is 2.36. The quantitative estimate of drug-likeness (QED) is 0.492. The van der Waals surface area contributed by atoms with E-state index in [4.69, 9.17) is 10.1 Å². The van der Waals surface area contributed by atoms with Crippen LogP contribution >= 0.6 is 11.3 Å². The van der Waals surface area contributed by atoms with Crippen LogP contribution in [0.25, 0.3) is 10.2 Å². The molecule has 18 heavy (non-hydrogen) atoms. The van der Waals surface area contributed by atoms with Gasteiger partial charge >= 0.3 is 7.48 Å². The topological polar surface area (TPSA) is 58.0 Å². The van der Waals surface area contributed by atoms with Crippen molar-refractivity contribution in [3.63, 3.8) is 0 Å². The average molecular weight is 258 g/mol. The molecule has 2 aromatic rings. The van der Waals surface area contributed by atoms with Crippen LogP contribution in [0, 0.1) is 5.41 Å². The van der Waals surface area contributed by atoms with E-state index in [9.17, 15) is 0 Å². The summed E-state index contributed by atoms with van der Waals surface area (Å²) in [6.07, 6.45) is 3.06. The van der Waals surface area contributed by atoms with E-state index >= 15 is 0 Å². The van der Waals surface area contributed by atoms with E-state index in [1.54, 1.807) is 18.8 Å². The van der Waals surface area contributed by atoms with Crippen LogP contribution in [0.15, 0.2) is 24.3 Å². The number of nitrogens with zero attached hydrogens (tertiary/aromatic N) is 1. The monoisotopic (exact) mass is 258 g/mol. The second kappa shape index (κ2) is 4.98. The Morgan fingerprint density at radius 3 is 3.06 bits per heavy atom. The summed E-state index contributed by atoms with van der Waals surface area (Å²) in [4.78, 5) is 4.55. The first-order valence-electron chi connectivity index (χ1n) is 5.95. The molecule has 1 fully saturated rings. The Morgan fingerprint density at radius 2 is 2.28 bits per heavy atom. The molecular formula is C12H13BN3OS. The van der Waals surface area contributed by atoms with Crippen LogP contribution < -0.4 is 5.32 Å². The maximum atomic E-state index is 6.78. The maximum Gasteiger partial charge on any atom is 0.374 e. The van der Waals surface area contributed by atoms with E-state index in [2.05, 4.69) is 16.4 Å². The molecule has 1 aliphatic carbocycles. The van der Waals surface area contributed by atoms with Crippen LogP contribution in [0.4, 0.5) is 5.13 Å². The molecule has 3 rings (SSSR count). The van der Waals surface area contributed by atoms with Crippen LogP contribution in [0.3, 0.4) is 0 Å². The summed E-state index contributed by atoms with van der Waals surface area (Å²) in [6.45, 7) is 0. The van der Waals surface area contributed by atoms with Crippen molar-refractivity contribution in [3.05, 3.63) is 24.3 Å². The number of para-hydroxylation sites is 1. The number of hydrogen-bond acceptors (Lipinski definition) is 5. The zero-order chi connectivity index (χ0) is 12.4. The second-order valence-corrected chi connectivity index (χ2v) is 5.48. The van der Waals surface area contributed by atoms with Crippen LogP contribution in [-0.2, 0) is 4.65 Å². The lowest BCUT2D eigenvalue weighted by Gasteiger charge is -2.34. The van der Waals surface area contributed by atoms with Crippen molar-refractivity contribution in [2.24, 2.45) is 0 Å². The maximum absolute atomic E-state index is 6.78. The van der Waals surface area contributed by atoms with Crippen molar-refractivity contribution in [3.8, 4) is 0 Å². The van der Waals surface area contributed by atoms with Crippen LogP contribution in [0.1, 0.15) is 12.8 Å². The smallest absolute Gasteiger partial charge is 0.374 e. The average Bonchev–Trinajstić information content (AvgIpc) is 2.74. The van der Waals surface area contributed by atoms with Gasteiger partial charge in [0.2, 0.25) is 0 Å². The predicted octanol–water partition coefficient (Wildman–Crippen LogP) is 2.90. The number of thiazole rings is 1. The number of rotatable bonds is 5. The van der Waals surface area contributed by atoms with Gasteiger partial charge in [-0.25, -0.2) is 4.98 Å². The van der Waals surface area contributed by atoms with E-state index in [-0.39, 0.29) is 0 Å². The summed E-state index contributed by atoms with van der Waals surface area (Å²) in [5.74, 6) is 0.457. The minimum Gasteiger partial charge on any atom is -0.555 e. The molecule has 0 bridgehead atoms. The van der Waals surface area contributed by atoms with Crippen molar-refractivity contribution in [2.75, 3.05) is 5.32 Å². The lowest BCUT2D eigenvalue weighted by molar-refractivity contribution is 0.414. The Bertz CT molecular complexity index is 520. The van der Waals surface area contributed by atoms with E-state index in [1.165, 1.54) is 4.70 Å². The predicted molar refractivity (Wildman–Crippen MR) is 75.6 cm³/mol. The molecule has 1 aromatic heterocycles. The van der Waals surface area contributed by atoms with E-state index in [0.717, 1.165) is 29.9 Å². The van der Waals surface area contributed by atoms with Crippen LogP contribution in [0.5, 0.6) is 0 Å². The van der Waals surface area contributed by atoms with Gasteiger partial charge in [0, 0.05) is 6.04 Å². The zero-order valence-electron chi connectivity index (χ0n) is 9.80. The molecular weight excluding hydrogens is 245 g/mol. The normalized spacial score (nSPS) is 22.2. The molecule has 91 valence electrons. The number of nitrogens with one attached hydrogen (secondary N) is 2. The van der Waals surface area contributed by atoms with Gasteiger partial charge < -0.3 is 9.97 Å². The van der Waals surface area contributed by atoms with Gasteiger partial charge in [0.05, 0.1) is 10.2 Å². The van der Waals surface area contributed by atoms with Gasteiger partial charge in [0.1, 0.15) is 6.40 Å². The highest BCUT2D eigenvalue weighted by molar-refractivity contribution is 7.22. The molecule has 1 radical (unpaired) electrons. The molecule has 4 nitrogen and oxygen atoms in total.